The van der Waals surface area contributed by atoms with Crippen LogP contribution in [0.2, 0.25) is 0 Å². The molecular formula is C33H44N4O5S. The van der Waals surface area contributed by atoms with Gasteiger partial charge in [-0.25, -0.2) is 9.97 Å². The molecule has 1 saturated carbocycles. The number of benzene rings is 1. The Labute approximate surface area is 258 Å². The maximum absolute atomic E-state index is 13.0. The highest BCUT2D eigenvalue weighted by Gasteiger charge is 2.46. The number of nitrogens with zero attached hydrogens (tertiary/aromatic N) is 2. The number of pyridine rings is 1. The minimum absolute atomic E-state index is 0.0265. The van der Waals surface area contributed by atoms with Crippen molar-refractivity contribution in [3.8, 4) is 16.5 Å². The molecule has 0 saturated heterocycles. The first-order valence-corrected chi connectivity index (χ1v) is 15.9. The summed E-state index contributed by atoms with van der Waals surface area (Å²) in [4.78, 5) is 22.2. The second kappa shape index (κ2) is 13.4. The molecule has 3 heterocycles. The summed E-state index contributed by atoms with van der Waals surface area (Å²) in [7, 11) is 2.83. The Balaban J connectivity index is 1.35. The predicted molar refractivity (Wildman–Crippen MR) is 167 cm³/mol. The topological polar surface area (TPSA) is 115 Å². The molecule has 1 aliphatic heterocycles. The van der Waals surface area contributed by atoms with E-state index >= 15 is 0 Å². The number of rotatable bonds is 12. The van der Waals surface area contributed by atoms with Gasteiger partial charge in [0.2, 0.25) is 12.2 Å². The smallest absolute Gasteiger partial charge is 0.277 e. The summed E-state index contributed by atoms with van der Waals surface area (Å²) in [5.74, 6) is 0.244. The Hall–Kier alpha value is -2.89. The third kappa shape index (κ3) is 7.80. The molecule has 3 aromatic rings. The normalized spacial score (nSPS) is 18.9. The van der Waals surface area contributed by atoms with Crippen molar-refractivity contribution in [2.75, 3.05) is 20.8 Å². The highest BCUT2D eigenvalue weighted by atomic mass is 32.1. The van der Waals surface area contributed by atoms with Crippen LogP contribution < -0.4 is 15.4 Å². The van der Waals surface area contributed by atoms with Gasteiger partial charge >= 0.3 is 0 Å². The molecule has 43 heavy (non-hydrogen) atoms. The van der Waals surface area contributed by atoms with Gasteiger partial charge < -0.3 is 30.0 Å². The average Bonchev–Trinajstić information content (AvgIpc) is 3.50. The largest absolute Gasteiger partial charge is 0.471 e. The van der Waals surface area contributed by atoms with E-state index in [9.17, 15) is 9.90 Å². The number of carbonyl (C=O) groups is 1. The number of hydrogen-bond donors (Lipinski definition) is 3. The Bertz CT molecular complexity index is 1370. The lowest BCUT2D eigenvalue weighted by atomic mass is 9.73. The molecule has 0 unspecified atom stereocenters. The van der Waals surface area contributed by atoms with E-state index in [4.69, 9.17) is 19.2 Å². The fraction of sp³-hybridized carbons (Fsp3) is 0.545. The first-order chi connectivity index (χ1) is 20.6. The molecule has 3 atom stereocenters. The van der Waals surface area contributed by atoms with Crippen molar-refractivity contribution in [1.29, 1.82) is 0 Å². The number of aromatic nitrogens is 2. The van der Waals surface area contributed by atoms with Crippen LogP contribution in [0.3, 0.4) is 0 Å². The molecule has 10 heteroatoms. The maximum Gasteiger partial charge on any atom is 0.277 e. The molecule has 2 aromatic heterocycles. The van der Waals surface area contributed by atoms with E-state index in [0.29, 0.717) is 12.3 Å². The average molecular weight is 609 g/mol. The zero-order valence-electron chi connectivity index (χ0n) is 25.8. The van der Waals surface area contributed by atoms with Crippen LogP contribution >= 0.6 is 11.3 Å². The van der Waals surface area contributed by atoms with E-state index in [2.05, 4.69) is 48.5 Å². The SMILES string of the molecule is COC(OC)C(=O)N[C@@H](Cc1cccc(-c2nccs2)c1)[C@@H](O)CN[C@H]1CC2(CCC2)Oc2ncc(CC(C)(C)C)cc21. The van der Waals surface area contributed by atoms with Crippen molar-refractivity contribution in [3.63, 3.8) is 0 Å². The summed E-state index contributed by atoms with van der Waals surface area (Å²) < 4.78 is 16.8. The zero-order chi connectivity index (χ0) is 30.6. The molecule has 1 aromatic carbocycles. The van der Waals surface area contributed by atoms with Gasteiger partial charge in [-0.3, -0.25) is 4.79 Å². The van der Waals surface area contributed by atoms with Gasteiger partial charge in [0.15, 0.2) is 0 Å². The summed E-state index contributed by atoms with van der Waals surface area (Å²) in [6.45, 7) is 6.93. The van der Waals surface area contributed by atoms with E-state index in [1.807, 2.05) is 29.8 Å². The van der Waals surface area contributed by atoms with Crippen molar-refractivity contribution in [3.05, 3.63) is 64.8 Å². The van der Waals surface area contributed by atoms with Gasteiger partial charge in [-0.2, -0.15) is 0 Å². The number of aliphatic hydroxyl groups is 1. The highest BCUT2D eigenvalue weighted by Crippen LogP contribution is 2.48. The van der Waals surface area contributed by atoms with Gasteiger partial charge in [-0.15, -0.1) is 11.3 Å². The molecule has 232 valence electrons. The number of hydrogen-bond acceptors (Lipinski definition) is 9. The van der Waals surface area contributed by atoms with Crippen molar-refractivity contribution in [2.24, 2.45) is 5.41 Å². The third-order valence-electron chi connectivity index (χ3n) is 8.27. The fourth-order valence-corrected chi connectivity index (χ4v) is 6.68. The van der Waals surface area contributed by atoms with Gasteiger partial charge in [-0.1, -0.05) is 39.0 Å². The van der Waals surface area contributed by atoms with E-state index < -0.39 is 24.3 Å². The Kier molecular flexibility index (Phi) is 9.83. The summed E-state index contributed by atoms with van der Waals surface area (Å²) in [6.07, 6.45) is 7.03. The molecule has 0 bridgehead atoms. The standard InChI is InChI=1S/C33H44N4O5S/c1-32(2,3)17-22-15-24-26(18-33(10-7-11-33)42-29(24)36-19-22)35-20-27(38)25(37-28(39)31(40-4)41-5)16-21-8-6-9-23(14-21)30-34-12-13-43-30/h6,8-9,12-15,19,25-27,31,35,38H,7,10-11,16-18,20H2,1-5H3,(H,37,39)/t25-,26-,27-/m0/s1. The lowest BCUT2D eigenvalue weighted by Gasteiger charge is -2.47. The second-order valence-corrected chi connectivity index (χ2v) is 13.9. The van der Waals surface area contributed by atoms with Crippen molar-refractivity contribution in [2.45, 2.75) is 89.4 Å². The molecule has 5 rings (SSSR count). The molecule has 1 fully saturated rings. The van der Waals surface area contributed by atoms with E-state index in [-0.39, 0.29) is 23.6 Å². The van der Waals surface area contributed by atoms with Crippen LogP contribution in [-0.2, 0) is 27.1 Å². The molecule has 1 aliphatic carbocycles. The lowest BCUT2D eigenvalue weighted by Crippen LogP contribution is -2.53. The van der Waals surface area contributed by atoms with Gasteiger partial charge in [0, 0.05) is 62.1 Å². The van der Waals surface area contributed by atoms with Crippen molar-refractivity contribution >= 4 is 17.2 Å². The quantitative estimate of drug-likeness (QED) is 0.251. The number of ether oxygens (including phenoxy) is 3. The zero-order valence-corrected chi connectivity index (χ0v) is 26.6. The van der Waals surface area contributed by atoms with Gasteiger partial charge in [-0.05, 0) is 60.8 Å². The molecule has 9 nitrogen and oxygen atoms in total. The number of methoxy groups -OCH3 is 2. The molecule has 3 N–H and O–H groups in total. The van der Waals surface area contributed by atoms with Crippen LogP contribution in [0.4, 0.5) is 0 Å². The van der Waals surface area contributed by atoms with Crippen molar-refractivity contribution in [1.82, 2.24) is 20.6 Å². The highest BCUT2D eigenvalue weighted by molar-refractivity contribution is 7.13. The minimum Gasteiger partial charge on any atom is -0.471 e. The Morgan fingerprint density at radius 2 is 1.98 bits per heavy atom. The van der Waals surface area contributed by atoms with Gasteiger partial charge in [0.05, 0.1) is 12.1 Å². The number of thiazole rings is 1. The summed E-state index contributed by atoms with van der Waals surface area (Å²) in [5.41, 5.74) is 4.10. The molecular weight excluding hydrogens is 564 g/mol. The molecule has 0 radical (unpaired) electrons. The van der Waals surface area contributed by atoms with Gasteiger partial charge in [0.25, 0.3) is 5.91 Å². The Morgan fingerprint density at radius 1 is 1.19 bits per heavy atom. The molecule has 2 aliphatic rings. The van der Waals surface area contributed by atoms with Crippen LogP contribution in [-0.4, -0.2) is 65.8 Å². The summed E-state index contributed by atoms with van der Waals surface area (Å²) in [5, 5.41) is 21.0. The second-order valence-electron chi connectivity index (χ2n) is 13.0. The van der Waals surface area contributed by atoms with Crippen LogP contribution in [0.15, 0.2) is 48.1 Å². The lowest BCUT2D eigenvalue weighted by molar-refractivity contribution is -0.160. The van der Waals surface area contributed by atoms with E-state index in [1.165, 1.54) is 19.8 Å². The number of amides is 1. The van der Waals surface area contributed by atoms with Crippen LogP contribution in [0.5, 0.6) is 5.88 Å². The van der Waals surface area contributed by atoms with Crippen molar-refractivity contribution < 1.29 is 24.1 Å². The minimum atomic E-state index is -1.07. The van der Waals surface area contributed by atoms with E-state index in [1.54, 1.807) is 17.5 Å². The predicted octanol–water partition coefficient (Wildman–Crippen LogP) is 4.84. The van der Waals surface area contributed by atoms with Crippen LogP contribution in [0.1, 0.15) is 69.2 Å². The number of aliphatic hydroxyl groups excluding tert-OH is 1. The van der Waals surface area contributed by atoms with E-state index in [0.717, 1.165) is 53.8 Å². The first kappa shape index (κ1) is 31.5. The summed E-state index contributed by atoms with van der Waals surface area (Å²) in [6, 6.07) is 9.62. The van der Waals surface area contributed by atoms with Gasteiger partial charge in [0.1, 0.15) is 10.6 Å². The number of carbonyl (C=O) groups excluding carboxylic acids is 1. The molecule has 1 amide bonds. The number of fused-ring (bicyclic) bond motifs is 1. The Morgan fingerprint density at radius 3 is 2.63 bits per heavy atom. The maximum atomic E-state index is 13.0. The van der Waals surface area contributed by atoms with Crippen LogP contribution in [0.25, 0.3) is 10.6 Å². The van der Waals surface area contributed by atoms with Crippen LogP contribution in [0, 0.1) is 5.41 Å². The third-order valence-corrected chi connectivity index (χ3v) is 9.09. The monoisotopic (exact) mass is 608 g/mol. The molecule has 1 spiro atoms. The summed E-state index contributed by atoms with van der Waals surface area (Å²) >= 11 is 1.57. The fourth-order valence-electron chi connectivity index (χ4n) is 6.05. The first-order valence-electron chi connectivity index (χ1n) is 15.0. The number of nitrogens with one attached hydrogen (secondary N) is 2.